The molecular formula is C20H23ClN2O3. The molecule has 2 aromatic rings. The first kappa shape index (κ1) is 19.8. The molecule has 0 aliphatic carbocycles. The molecule has 5 nitrogen and oxygen atoms in total. The van der Waals surface area contributed by atoms with Crippen molar-refractivity contribution in [3.63, 3.8) is 0 Å². The molecule has 2 rings (SSSR count). The number of hydrogen-bond acceptors (Lipinski definition) is 3. The lowest BCUT2D eigenvalue weighted by molar-refractivity contribution is -0.123. The number of amides is 2. The van der Waals surface area contributed by atoms with E-state index < -0.39 is 11.8 Å². The van der Waals surface area contributed by atoms with Gasteiger partial charge in [-0.15, -0.1) is 0 Å². The van der Waals surface area contributed by atoms with Crippen LogP contribution in [-0.4, -0.2) is 18.4 Å². The molecule has 0 atom stereocenters. The second kappa shape index (κ2) is 8.72. The zero-order chi connectivity index (χ0) is 19.2. The Balaban J connectivity index is 1.79. The highest BCUT2D eigenvalue weighted by molar-refractivity contribution is 6.30. The smallest absolute Gasteiger partial charge is 0.276 e. The van der Waals surface area contributed by atoms with Crippen LogP contribution < -0.4 is 15.6 Å². The Hall–Kier alpha value is -2.53. The van der Waals surface area contributed by atoms with Crippen LogP contribution in [0.15, 0.2) is 48.5 Å². The van der Waals surface area contributed by atoms with Gasteiger partial charge in [0.1, 0.15) is 5.75 Å². The van der Waals surface area contributed by atoms with Crippen LogP contribution in [0.4, 0.5) is 0 Å². The largest absolute Gasteiger partial charge is 0.484 e. The third-order valence-electron chi connectivity index (χ3n) is 4.31. The molecule has 2 aromatic carbocycles. The van der Waals surface area contributed by atoms with Crippen LogP contribution >= 0.6 is 11.6 Å². The van der Waals surface area contributed by atoms with Gasteiger partial charge in [-0.25, -0.2) is 0 Å². The molecule has 0 saturated carbocycles. The van der Waals surface area contributed by atoms with Gasteiger partial charge in [-0.3, -0.25) is 20.4 Å². The van der Waals surface area contributed by atoms with Gasteiger partial charge in [-0.1, -0.05) is 44.5 Å². The second-order valence-corrected chi connectivity index (χ2v) is 7.00. The number of carbonyl (C=O) groups excluding carboxylic acids is 2. The van der Waals surface area contributed by atoms with Gasteiger partial charge in [-0.05, 0) is 53.8 Å². The van der Waals surface area contributed by atoms with Gasteiger partial charge in [-0.2, -0.15) is 0 Å². The summed E-state index contributed by atoms with van der Waals surface area (Å²) in [4.78, 5) is 23.7. The molecule has 0 spiro atoms. The van der Waals surface area contributed by atoms with Crippen LogP contribution in [0.2, 0.25) is 5.02 Å². The SMILES string of the molecule is CCC(C)(C)c1ccc(OCC(=O)NNC(=O)c2ccc(Cl)cc2)cc1. The number of halogens is 1. The fraction of sp³-hybridized carbons (Fsp3) is 0.300. The molecule has 26 heavy (non-hydrogen) atoms. The molecule has 2 N–H and O–H groups in total. The van der Waals surface area contributed by atoms with Crippen molar-refractivity contribution in [1.29, 1.82) is 0 Å². The quantitative estimate of drug-likeness (QED) is 0.754. The maximum atomic E-state index is 11.9. The van der Waals surface area contributed by atoms with Gasteiger partial charge >= 0.3 is 0 Å². The van der Waals surface area contributed by atoms with E-state index in [1.54, 1.807) is 24.3 Å². The van der Waals surface area contributed by atoms with Crippen LogP contribution in [0.25, 0.3) is 0 Å². The summed E-state index contributed by atoms with van der Waals surface area (Å²) < 4.78 is 5.44. The number of ether oxygens (including phenoxy) is 1. The third kappa shape index (κ3) is 5.49. The van der Waals surface area contributed by atoms with E-state index in [1.165, 1.54) is 5.56 Å². The molecule has 2 amide bonds. The highest BCUT2D eigenvalue weighted by atomic mass is 35.5. The average molecular weight is 375 g/mol. The minimum absolute atomic E-state index is 0.0991. The van der Waals surface area contributed by atoms with Gasteiger partial charge in [0.25, 0.3) is 11.8 Å². The molecular weight excluding hydrogens is 352 g/mol. The van der Waals surface area contributed by atoms with Crippen molar-refractivity contribution >= 4 is 23.4 Å². The molecule has 6 heteroatoms. The van der Waals surface area contributed by atoms with Crippen LogP contribution in [0.3, 0.4) is 0 Å². The van der Waals surface area contributed by atoms with Gasteiger partial charge in [0.05, 0.1) is 0 Å². The number of nitrogens with one attached hydrogen (secondary N) is 2. The predicted octanol–water partition coefficient (Wildman–Crippen LogP) is 3.87. The first-order valence-electron chi connectivity index (χ1n) is 8.40. The Morgan fingerprint density at radius 1 is 1.00 bits per heavy atom. The lowest BCUT2D eigenvalue weighted by Gasteiger charge is -2.23. The number of hydrogen-bond donors (Lipinski definition) is 2. The van der Waals surface area contributed by atoms with Crippen molar-refractivity contribution in [2.45, 2.75) is 32.6 Å². The van der Waals surface area contributed by atoms with E-state index in [2.05, 4.69) is 31.6 Å². The minimum Gasteiger partial charge on any atom is -0.484 e. The number of benzene rings is 2. The standard InChI is InChI=1S/C20H23ClN2O3/c1-4-20(2,3)15-7-11-17(12-8-15)26-13-18(24)22-23-19(25)14-5-9-16(21)10-6-14/h5-12H,4,13H2,1-3H3,(H,22,24)(H,23,25). The summed E-state index contributed by atoms with van der Waals surface area (Å²) in [6.07, 6.45) is 1.03. The van der Waals surface area contributed by atoms with Crippen molar-refractivity contribution in [2.75, 3.05) is 6.61 Å². The maximum Gasteiger partial charge on any atom is 0.276 e. The summed E-state index contributed by atoms with van der Waals surface area (Å²) in [7, 11) is 0. The number of carbonyl (C=O) groups is 2. The highest BCUT2D eigenvalue weighted by Crippen LogP contribution is 2.27. The molecule has 0 aliphatic heterocycles. The predicted molar refractivity (Wildman–Crippen MR) is 102 cm³/mol. The van der Waals surface area contributed by atoms with Gasteiger partial charge < -0.3 is 4.74 Å². The second-order valence-electron chi connectivity index (χ2n) is 6.56. The van der Waals surface area contributed by atoms with Crippen molar-refractivity contribution in [3.05, 3.63) is 64.7 Å². The lowest BCUT2D eigenvalue weighted by Crippen LogP contribution is -2.43. The average Bonchev–Trinajstić information content (AvgIpc) is 2.65. The monoisotopic (exact) mass is 374 g/mol. The summed E-state index contributed by atoms with van der Waals surface area (Å²) in [5.41, 5.74) is 6.35. The van der Waals surface area contributed by atoms with Gasteiger partial charge in [0.2, 0.25) is 0 Å². The summed E-state index contributed by atoms with van der Waals surface area (Å²) in [5, 5.41) is 0.535. The van der Waals surface area contributed by atoms with E-state index in [1.807, 2.05) is 24.3 Å². The van der Waals surface area contributed by atoms with Gasteiger partial charge in [0.15, 0.2) is 6.61 Å². The normalized spacial score (nSPS) is 10.9. The Morgan fingerprint density at radius 3 is 2.19 bits per heavy atom. The fourth-order valence-electron chi connectivity index (χ4n) is 2.19. The van der Waals surface area contributed by atoms with Crippen LogP contribution in [0.1, 0.15) is 43.1 Å². The Labute approximate surface area is 158 Å². The van der Waals surface area contributed by atoms with Crippen molar-refractivity contribution in [2.24, 2.45) is 0 Å². The van der Waals surface area contributed by atoms with Crippen molar-refractivity contribution < 1.29 is 14.3 Å². The molecule has 138 valence electrons. The molecule has 0 aliphatic rings. The zero-order valence-electron chi connectivity index (χ0n) is 15.1. The Kier molecular flexibility index (Phi) is 6.64. The topological polar surface area (TPSA) is 67.4 Å². The number of hydrazine groups is 1. The van der Waals surface area contributed by atoms with Crippen LogP contribution in [-0.2, 0) is 10.2 Å². The minimum atomic E-state index is -0.453. The summed E-state index contributed by atoms with van der Waals surface area (Å²) in [5.74, 6) is -0.286. The van der Waals surface area contributed by atoms with E-state index in [-0.39, 0.29) is 12.0 Å². The van der Waals surface area contributed by atoms with E-state index in [4.69, 9.17) is 16.3 Å². The third-order valence-corrected chi connectivity index (χ3v) is 4.56. The number of rotatable bonds is 6. The molecule has 0 bridgehead atoms. The molecule has 0 aromatic heterocycles. The molecule has 0 fully saturated rings. The van der Waals surface area contributed by atoms with Crippen molar-refractivity contribution in [1.82, 2.24) is 10.9 Å². The fourth-order valence-corrected chi connectivity index (χ4v) is 2.32. The van der Waals surface area contributed by atoms with E-state index in [0.29, 0.717) is 16.3 Å². The Bertz CT molecular complexity index is 756. The van der Waals surface area contributed by atoms with Crippen LogP contribution in [0, 0.1) is 0 Å². The highest BCUT2D eigenvalue weighted by Gasteiger charge is 2.17. The van der Waals surface area contributed by atoms with E-state index in [9.17, 15) is 9.59 Å². The van der Waals surface area contributed by atoms with E-state index >= 15 is 0 Å². The lowest BCUT2D eigenvalue weighted by atomic mass is 9.82. The Morgan fingerprint density at radius 2 is 1.62 bits per heavy atom. The molecule has 0 saturated heterocycles. The summed E-state index contributed by atoms with van der Waals surface area (Å²) in [6, 6.07) is 14.0. The zero-order valence-corrected chi connectivity index (χ0v) is 15.9. The first-order valence-corrected chi connectivity index (χ1v) is 8.77. The summed E-state index contributed by atoms with van der Waals surface area (Å²) >= 11 is 5.77. The molecule has 0 radical (unpaired) electrons. The first-order chi connectivity index (χ1) is 12.3. The molecule has 0 unspecified atom stereocenters. The maximum absolute atomic E-state index is 11.9. The molecule has 0 heterocycles. The van der Waals surface area contributed by atoms with Crippen molar-refractivity contribution in [3.8, 4) is 5.75 Å². The van der Waals surface area contributed by atoms with Gasteiger partial charge in [0, 0.05) is 10.6 Å². The van der Waals surface area contributed by atoms with Crippen LogP contribution in [0.5, 0.6) is 5.75 Å². The van der Waals surface area contributed by atoms with E-state index in [0.717, 1.165) is 6.42 Å². The summed E-state index contributed by atoms with van der Waals surface area (Å²) in [6.45, 7) is 6.31.